The summed E-state index contributed by atoms with van der Waals surface area (Å²) in [7, 11) is 0. The van der Waals surface area contributed by atoms with Crippen LogP contribution in [0.25, 0.3) is 16.7 Å². The zero-order chi connectivity index (χ0) is 20.4. The van der Waals surface area contributed by atoms with Crippen LogP contribution in [-0.2, 0) is 11.3 Å². The first-order valence-electron chi connectivity index (χ1n) is 9.78. The molecule has 1 aliphatic heterocycles. The van der Waals surface area contributed by atoms with Crippen LogP contribution in [0.4, 0.5) is 0 Å². The van der Waals surface area contributed by atoms with Crippen molar-refractivity contribution in [1.29, 1.82) is 10.8 Å². The molecule has 1 saturated heterocycles. The monoisotopic (exact) mass is 385 g/mol. The highest BCUT2D eigenvalue weighted by atomic mass is 16.4. The number of aliphatic carboxylic acids is 1. The largest absolute Gasteiger partial charge is 0.478 e. The van der Waals surface area contributed by atoms with Crippen molar-refractivity contribution >= 4 is 23.0 Å². The fourth-order valence-electron chi connectivity index (χ4n) is 3.94. The lowest BCUT2D eigenvalue weighted by atomic mass is 9.90. The number of benzene rings is 2. The fourth-order valence-corrected chi connectivity index (χ4v) is 3.94. The predicted molar refractivity (Wildman–Crippen MR) is 116 cm³/mol. The summed E-state index contributed by atoms with van der Waals surface area (Å²) in [5.41, 5.74) is 4.62. The van der Waals surface area contributed by atoms with E-state index in [4.69, 9.17) is 10.8 Å². The molecule has 2 aromatic carbocycles. The molecule has 0 amide bonds. The lowest BCUT2D eigenvalue weighted by Crippen LogP contribution is -2.21. The van der Waals surface area contributed by atoms with Gasteiger partial charge in [0.1, 0.15) is 0 Å². The molecule has 5 nitrogen and oxygen atoms in total. The Kier molecular flexibility index (Phi) is 5.23. The van der Waals surface area contributed by atoms with Crippen molar-refractivity contribution < 1.29 is 9.90 Å². The highest BCUT2D eigenvalue weighted by Gasteiger charge is 2.22. The van der Waals surface area contributed by atoms with Gasteiger partial charge in [0.2, 0.25) is 0 Å². The van der Waals surface area contributed by atoms with Crippen molar-refractivity contribution in [3.05, 3.63) is 77.4 Å². The van der Waals surface area contributed by atoms with Crippen LogP contribution in [0.3, 0.4) is 0 Å². The molecule has 0 radical (unpaired) electrons. The molecular formula is C24H23N3O2. The van der Waals surface area contributed by atoms with Crippen molar-refractivity contribution in [3.63, 3.8) is 0 Å². The summed E-state index contributed by atoms with van der Waals surface area (Å²) in [6.45, 7) is 3.26. The lowest BCUT2D eigenvalue weighted by molar-refractivity contribution is -0.132. The molecule has 146 valence electrons. The highest BCUT2D eigenvalue weighted by Crippen LogP contribution is 2.29. The van der Waals surface area contributed by atoms with E-state index in [2.05, 4.69) is 29.2 Å². The summed E-state index contributed by atoms with van der Waals surface area (Å²) in [5, 5.41) is 25.0. The second-order valence-corrected chi connectivity index (χ2v) is 7.47. The summed E-state index contributed by atoms with van der Waals surface area (Å²) >= 11 is 0. The molecule has 1 fully saturated rings. The summed E-state index contributed by atoms with van der Waals surface area (Å²) in [6, 6.07) is 16.4. The number of carboxylic acid groups (broad SMARTS) is 1. The number of carboxylic acids is 1. The summed E-state index contributed by atoms with van der Waals surface area (Å²) in [5.74, 6) is -1.18. The molecule has 1 heterocycles. The topological polar surface area (TPSA) is 88.2 Å². The normalized spacial score (nSPS) is 17.2. The fraction of sp³-hybridized carbons (Fsp3) is 0.208. The lowest BCUT2D eigenvalue weighted by Gasteiger charge is -2.18. The van der Waals surface area contributed by atoms with Gasteiger partial charge in [-0.2, -0.15) is 0 Å². The molecule has 29 heavy (non-hydrogen) atoms. The Hall–Kier alpha value is -3.31. The number of likely N-dealkylation sites (tertiary alicyclic amines) is 1. The van der Waals surface area contributed by atoms with Crippen LogP contribution in [0.15, 0.2) is 66.3 Å². The van der Waals surface area contributed by atoms with Gasteiger partial charge >= 0.3 is 5.97 Å². The van der Waals surface area contributed by atoms with E-state index in [9.17, 15) is 9.90 Å². The molecule has 2 aromatic rings. The van der Waals surface area contributed by atoms with Gasteiger partial charge in [-0.25, -0.2) is 4.79 Å². The summed E-state index contributed by atoms with van der Waals surface area (Å²) < 4.78 is 0. The van der Waals surface area contributed by atoms with Crippen LogP contribution in [0.5, 0.6) is 0 Å². The SMILES string of the molecule is N=C1C=C(c2ccc(-c3ccccc3CN3CCCC3)cc2)C=C(C(=O)O)C1=N. The molecule has 3 N–H and O–H groups in total. The van der Waals surface area contributed by atoms with E-state index >= 15 is 0 Å². The van der Waals surface area contributed by atoms with Crippen molar-refractivity contribution in [1.82, 2.24) is 4.90 Å². The maximum atomic E-state index is 11.4. The number of hydrogen-bond donors (Lipinski definition) is 3. The van der Waals surface area contributed by atoms with E-state index in [1.807, 2.05) is 24.3 Å². The van der Waals surface area contributed by atoms with Gasteiger partial charge in [0, 0.05) is 6.54 Å². The van der Waals surface area contributed by atoms with Crippen molar-refractivity contribution in [2.24, 2.45) is 0 Å². The molecule has 0 spiro atoms. The Labute approximate surface area is 170 Å². The van der Waals surface area contributed by atoms with Gasteiger partial charge in [0.25, 0.3) is 0 Å². The standard InChI is InChI=1S/C24H23N3O2/c25-22-14-19(13-21(23(22)26)24(28)29)16-7-9-17(10-8-16)20-6-2-1-5-18(20)15-27-11-3-4-12-27/h1-2,5-10,13-14,25-26H,3-4,11-12,15H2,(H,28,29). The summed E-state index contributed by atoms with van der Waals surface area (Å²) in [4.78, 5) is 13.9. The average Bonchev–Trinajstić information content (AvgIpc) is 3.23. The Bertz CT molecular complexity index is 1040. The van der Waals surface area contributed by atoms with Crippen LogP contribution in [0, 0.1) is 10.8 Å². The van der Waals surface area contributed by atoms with Gasteiger partial charge in [0.05, 0.1) is 17.0 Å². The number of hydrogen-bond acceptors (Lipinski definition) is 4. The van der Waals surface area contributed by atoms with Gasteiger partial charge in [-0.1, -0.05) is 48.5 Å². The van der Waals surface area contributed by atoms with E-state index < -0.39 is 5.97 Å². The minimum atomic E-state index is -1.18. The van der Waals surface area contributed by atoms with Crippen molar-refractivity contribution in [2.75, 3.05) is 13.1 Å². The molecule has 0 saturated carbocycles. The van der Waals surface area contributed by atoms with E-state index in [1.165, 1.54) is 30.0 Å². The van der Waals surface area contributed by atoms with Crippen LogP contribution >= 0.6 is 0 Å². The third-order valence-corrected chi connectivity index (χ3v) is 5.51. The van der Waals surface area contributed by atoms with Crippen LogP contribution in [-0.4, -0.2) is 40.5 Å². The van der Waals surface area contributed by atoms with Crippen molar-refractivity contribution in [3.8, 4) is 11.1 Å². The van der Waals surface area contributed by atoms with Gasteiger partial charge in [-0.05, 0) is 65.9 Å². The summed E-state index contributed by atoms with van der Waals surface area (Å²) in [6.07, 6.45) is 5.55. The first-order valence-corrected chi connectivity index (χ1v) is 9.78. The van der Waals surface area contributed by atoms with Crippen molar-refractivity contribution in [2.45, 2.75) is 19.4 Å². The molecule has 0 unspecified atom stereocenters. The Morgan fingerprint density at radius 2 is 1.59 bits per heavy atom. The molecule has 4 rings (SSSR count). The van der Waals surface area contributed by atoms with Crippen LogP contribution in [0.2, 0.25) is 0 Å². The number of nitrogens with zero attached hydrogens (tertiary/aromatic N) is 1. The molecule has 1 aliphatic carbocycles. The zero-order valence-electron chi connectivity index (χ0n) is 16.1. The van der Waals surface area contributed by atoms with E-state index in [1.54, 1.807) is 6.08 Å². The van der Waals surface area contributed by atoms with Crippen LogP contribution in [0.1, 0.15) is 24.0 Å². The first kappa shape index (κ1) is 19.0. The third kappa shape index (κ3) is 3.96. The Balaban J connectivity index is 1.62. The van der Waals surface area contributed by atoms with E-state index in [0.717, 1.165) is 30.8 Å². The van der Waals surface area contributed by atoms with Gasteiger partial charge in [-0.3, -0.25) is 15.7 Å². The number of rotatable bonds is 5. The van der Waals surface area contributed by atoms with E-state index in [0.29, 0.717) is 5.57 Å². The minimum Gasteiger partial charge on any atom is -0.478 e. The second-order valence-electron chi connectivity index (χ2n) is 7.47. The van der Waals surface area contributed by atoms with E-state index in [-0.39, 0.29) is 17.0 Å². The zero-order valence-corrected chi connectivity index (χ0v) is 16.1. The smallest absolute Gasteiger partial charge is 0.337 e. The maximum absolute atomic E-state index is 11.4. The Morgan fingerprint density at radius 3 is 2.28 bits per heavy atom. The maximum Gasteiger partial charge on any atom is 0.337 e. The third-order valence-electron chi connectivity index (χ3n) is 5.51. The quantitative estimate of drug-likeness (QED) is 0.667. The molecule has 5 heteroatoms. The predicted octanol–water partition coefficient (Wildman–Crippen LogP) is 4.40. The molecule has 0 atom stereocenters. The van der Waals surface area contributed by atoms with Gasteiger partial charge in [0.15, 0.2) is 0 Å². The molecular weight excluding hydrogens is 362 g/mol. The number of carbonyl (C=O) groups is 1. The second kappa shape index (κ2) is 7.97. The molecule has 0 aromatic heterocycles. The van der Waals surface area contributed by atoms with Crippen LogP contribution < -0.4 is 0 Å². The molecule has 0 bridgehead atoms. The highest BCUT2D eigenvalue weighted by molar-refractivity contribution is 6.56. The minimum absolute atomic E-state index is 0.0834. The Morgan fingerprint density at radius 1 is 0.931 bits per heavy atom. The molecule has 2 aliphatic rings. The van der Waals surface area contributed by atoms with Gasteiger partial charge in [-0.15, -0.1) is 0 Å². The first-order chi connectivity index (χ1) is 14.0. The number of nitrogens with one attached hydrogen (secondary N) is 2. The number of allylic oxidation sites excluding steroid dienone is 3. The van der Waals surface area contributed by atoms with Gasteiger partial charge < -0.3 is 5.11 Å². The average molecular weight is 385 g/mol.